The number of benzene rings is 1. The first kappa shape index (κ1) is 23.3. The summed E-state index contributed by atoms with van der Waals surface area (Å²) in [4.78, 5) is 14.5. The van der Waals surface area contributed by atoms with Gasteiger partial charge in [-0.25, -0.2) is 4.79 Å². The minimum atomic E-state index is -1.56. The highest BCUT2D eigenvalue weighted by molar-refractivity contribution is 8.29. The molecular formula is C22H37NO3SSi. The first-order chi connectivity index (χ1) is 12.9. The van der Waals surface area contributed by atoms with Crippen molar-refractivity contribution in [3.8, 4) is 0 Å². The minimum absolute atomic E-state index is 0.138. The molecule has 0 bridgehead atoms. The zero-order valence-corrected chi connectivity index (χ0v) is 20.5. The molecular weight excluding hydrogens is 386 g/mol. The summed E-state index contributed by atoms with van der Waals surface area (Å²) < 4.78 is 5.71. The highest BCUT2D eigenvalue weighted by atomic mass is 32.4. The molecule has 0 aliphatic carbocycles. The first-order valence-corrected chi connectivity index (χ1v) is 14.1. The van der Waals surface area contributed by atoms with Crippen molar-refractivity contribution in [2.45, 2.75) is 95.1 Å². The van der Waals surface area contributed by atoms with Crippen LogP contribution in [0.4, 0.5) is 4.79 Å². The van der Waals surface area contributed by atoms with Gasteiger partial charge in [0, 0.05) is 4.90 Å². The Kier molecular flexibility index (Phi) is 7.32. The Morgan fingerprint density at radius 2 is 1.64 bits per heavy atom. The van der Waals surface area contributed by atoms with Gasteiger partial charge in [0.05, 0.1) is 12.6 Å². The largest absolute Gasteiger partial charge is 0.465 e. The second-order valence-corrected chi connectivity index (χ2v) is 17.9. The molecule has 2 rings (SSSR count). The van der Waals surface area contributed by atoms with Gasteiger partial charge in [0.1, 0.15) is 12.9 Å². The smallest absolute Gasteiger partial charge is 0.409 e. The maximum absolute atomic E-state index is 11.7. The summed E-state index contributed by atoms with van der Waals surface area (Å²) in [5, 5.41) is 9.57. The van der Waals surface area contributed by atoms with Crippen LogP contribution in [-0.4, -0.2) is 41.7 Å². The molecule has 1 unspecified atom stereocenters. The van der Waals surface area contributed by atoms with Gasteiger partial charge in [0.25, 0.3) is 0 Å². The maximum atomic E-state index is 11.7. The molecule has 0 radical (unpaired) electrons. The summed E-state index contributed by atoms with van der Waals surface area (Å²) in [7, 11) is -1.56. The van der Waals surface area contributed by atoms with Crippen molar-refractivity contribution in [1.29, 1.82) is 0 Å². The number of carbonyl (C=O) groups is 1. The Balaban J connectivity index is 2.16. The third kappa shape index (κ3) is 4.60. The molecule has 0 saturated carbocycles. The molecule has 0 aromatic heterocycles. The van der Waals surface area contributed by atoms with Crippen molar-refractivity contribution in [3.63, 3.8) is 0 Å². The molecule has 1 aromatic carbocycles. The summed E-state index contributed by atoms with van der Waals surface area (Å²) in [6.07, 6.45) is -0.233. The Morgan fingerprint density at radius 3 is 2.07 bits per heavy atom. The molecule has 1 saturated heterocycles. The van der Waals surface area contributed by atoms with Crippen molar-refractivity contribution in [3.05, 3.63) is 29.8 Å². The minimum Gasteiger partial charge on any atom is -0.465 e. The first-order valence-electron chi connectivity index (χ1n) is 10.4. The fourth-order valence-corrected chi connectivity index (χ4v) is 14.1. The lowest BCUT2D eigenvalue weighted by atomic mass is 10.1. The Labute approximate surface area is 175 Å². The predicted octanol–water partition coefficient (Wildman–Crippen LogP) is 6.61. The van der Waals surface area contributed by atoms with Gasteiger partial charge < -0.3 is 9.84 Å². The summed E-state index contributed by atoms with van der Waals surface area (Å²) in [5.41, 5.74) is 2.52. The van der Waals surface area contributed by atoms with Gasteiger partial charge in [-0.1, -0.05) is 53.7 Å². The monoisotopic (exact) mass is 423 g/mol. The third-order valence-corrected chi connectivity index (χ3v) is 18.5. The van der Waals surface area contributed by atoms with E-state index < -0.39 is 19.0 Å². The van der Waals surface area contributed by atoms with E-state index in [4.69, 9.17) is 4.74 Å². The lowest BCUT2D eigenvalue weighted by molar-refractivity contribution is -0.0419. The highest BCUT2D eigenvalue weighted by Gasteiger charge is 2.45. The Hall–Kier alpha value is -0.983. The Morgan fingerprint density at radius 1 is 1.14 bits per heavy atom. The molecule has 1 atom stereocenters. The van der Waals surface area contributed by atoms with Gasteiger partial charge in [-0.2, -0.15) is 11.2 Å². The molecule has 158 valence electrons. The fraction of sp³-hybridized carbons (Fsp3) is 0.682. The van der Waals surface area contributed by atoms with E-state index in [1.165, 1.54) is 9.80 Å². The van der Waals surface area contributed by atoms with Crippen LogP contribution in [0.15, 0.2) is 29.2 Å². The summed E-state index contributed by atoms with van der Waals surface area (Å²) >= 11 is 2.13. The third-order valence-electron chi connectivity index (χ3n) is 6.18. The number of ether oxygens (including phenoxy) is 1. The quantitative estimate of drug-likeness (QED) is 0.501. The number of amides is 1. The molecule has 1 amide bonds. The van der Waals surface area contributed by atoms with Crippen molar-refractivity contribution in [2.24, 2.45) is 0 Å². The van der Waals surface area contributed by atoms with Crippen LogP contribution >= 0.6 is 11.2 Å². The van der Waals surface area contributed by atoms with Crippen LogP contribution in [0.1, 0.15) is 61.0 Å². The zero-order valence-electron chi connectivity index (χ0n) is 18.7. The van der Waals surface area contributed by atoms with E-state index in [-0.39, 0.29) is 6.04 Å². The number of nitrogens with zero attached hydrogens (tertiary/aromatic N) is 1. The Bertz CT molecular complexity index is 651. The topological polar surface area (TPSA) is 49.8 Å². The van der Waals surface area contributed by atoms with Gasteiger partial charge in [-0.15, -0.1) is 0 Å². The lowest BCUT2D eigenvalue weighted by Gasteiger charge is -2.42. The van der Waals surface area contributed by atoms with Crippen molar-refractivity contribution < 1.29 is 14.6 Å². The van der Waals surface area contributed by atoms with Crippen molar-refractivity contribution in [2.75, 3.05) is 6.61 Å². The second-order valence-electron chi connectivity index (χ2n) is 9.33. The van der Waals surface area contributed by atoms with Crippen LogP contribution in [0, 0.1) is 0 Å². The number of hydrogen-bond donors (Lipinski definition) is 1. The van der Waals surface area contributed by atoms with E-state index in [9.17, 15) is 9.90 Å². The average Bonchev–Trinajstić information content (AvgIpc) is 2.87. The summed E-state index contributed by atoms with van der Waals surface area (Å²) in [6.45, 7) is 18.4. The summed E-state index contributed by atoms with van der Waals surface area (Å²) in [5.74, 6) is 0. The van der Waals surface area contributed by atoms with Gasteiger partial charge in [-0.3, -0.25) is 4.90 Å². The predicted molar refractivity (Wildman–Crippen MR) is 121 cm³/mol. The second kappa shape index (κ2) is 8.80. The van der Waals surface area contributed by atoms with E-state index in [0.717, 1.165) is 5.56 Å². The molecule has 1 fully saturated rings. The standard InChI is InChI=1S/C22H37NO3SSi/c1-15(2)28(16(3)4,17(5)6)27-20-11-9-18(10-12-20)13-19-14-26-22(7,8)23(19)21(24)25/h9-12,15-17,19H,13-14H2,1-8H3,(H,24,25). The number of rotatable bonds is 7. The molecule has 4 nitrogen and oxygen atoms in total. The summed E-state index contributed by atoms with van der Waals surface area (Å²) in [6, 6.07) is 8.63. The van der Waals surface area contributed by atoms with E-state index in [0.29, 0.717) is 29.7 Å². The van der Waals surface area contributed by atoms with Crippen LogP contribution in [0.25, 0.3) is 0 Å². The van der Waals surface area contributed by atoms with Gasteiger partial charge in [0.2, 0.25) is 0 Å². The molecule has 1 N–H and O–H groups in total. The van der Waals surface area contributed by atoms with Crippen LogP contribution in [-0.2, 0) is 11.2 Å². The SMILES string of the molecule is CC(C)[Si](Sc1ccc(CC2COC(C)(C)N2C(=O)O)cc1)(C(C)C)C(C)C. The fourth-order valence-electron chi connectivity index (χ4n) is 4.94. The van der Waals surface area contributed by atoms with Gasteiger partial charge in [-0.05, 0) is 54.6 Å². The van der Waals surface area contributed by atoms with E-state index in [1.54, 1.807) is 0 Å². The van der Waals surface area contributed by atoms with E-state index in [1.807, 2.05) is 13.8 Å². The molecule has 1 heterocycles. The molecule has 28 heavy (non-hydrogen) atoms. The number of hydrogen-bond acceptors (Lipinski definition) is 3. The molecule has 1 aliphatic rings. The van der Waals surface area contributed by atoms with Crippen molar-refractivity contribution in [1.82, 2.24) is 4.90 Å². The number of carboxylic acid groups (broad SMARTS) is 1. The highest BCUT2D eigenvalue weighted by Crippen LogP contribution is 2.51. The average molecular weight is 424 g/mol. The molecule has 1 aliphatic heterocycles. The van der Waals surface area contributed by atoms with E-state index >= 15 is 0 Å². The zero-order chi connectivity index (χ0) is 21.3. The van der Waals surface area contributed by atoms with Crippen LogP contribution in [0.3, 0.4) is 0 Å². The lowest BCUT2D eigenvalue weighted by Crippen LogP contribution is -2.47. The van der Waals surface area contributed by atoms with Gasteiger partial charge in [0.15, 0.2) is 0 Å². The van der Waals surface area contributed by atoms with E-state index in [2.05, 4.69) is 77.0 Å². The molecule has 1 aromatic rings. The normalized spacial score (nSPS) is 19.8. The van der Waals surface area contributed by atoms with Crippen LogP contribution in [0.2, 0.25) is 16.6 Å². The van der Waals surface area contributed by atoms with Crippen LogP contribution in [0.5, 0.6) is 0 Å². The maximum Gasteiger partial charge on any atom is 0.409 e. The van der Waals surface area contributed by atoms with Crippen LogP contribution < -0.4 is 0 Å². The van der Waals surface area contributed by atoms with Gasteiger partial charge >= 0.3 is 6.09 Å². The molecule has 6 heteroatoms. The van der Waals surface area contributed by atoms with Crippen molar-refractivity contribution >= 4 is 24.5 Å². The molecule has 0 spiro atoms.